The van der Waals surface area contributed by atoms with Gasteiger partial charge in [0.05, 0.1) is 0 Å². The standard InChI is InChI=1S/C10H10Cl2F2N4O2S/c1-9(20,4-2-5(11)16-6(12)3-4)10(13,14)7(19)17-18-8(15)21/h2-3,20H,1H3,(H,17,19)(H3,15,18,21). The molecule has 0 aliphatic heterocycles. The van der Waals surface area contributed by atoms with Crippen LogP contribution in [0.3, 0.4) is 0 Å². The van der Waals surface area contributed by atoms with Crippen molar-refractivity contribution in [1.29, 1.82) is 0 Å². The number of hydrogen-bond donors (Lipinski definition) is 4. The van der Waals surface area contributed by atoms with E-state index >= 15 is 0 Å². The number of thiocarbonyl (C=S) groups is 1. The first-order chi connectivity index (χ1) is 9.48. The summed E-state index contributed by atoms with van der Waals surface area (Å²) >= 11 is 15.5. The Balaban J connectivity index is 3.13. The van der Waals surface area contributed by atoms with Crippen LogP contribution in [0.2, 0.25) is 10.3 Å². The fourth-order valence-corrected chi connectivity index (χ4v) is 1.86. The molecule has 1 atom stereocenters. The Morgan fingerprint density at radius 1 is 1.38 bits per heavy atom. The summed E-state index contributed by atoms with van der Waals surface area (Å²) in [5, 5.41) is 9.20. The molecule has 1 aromatic rings. The molecular formula is C10H10Cl2F2N4O2S. The van der Waals surface area contributed by atoms with Crippen LogP contribution in [0.5, 0.6) is 0 Å². The molecule has 11 heteroatoms. The molecule has 0 saturated heterocycles. The van der Waals surface area contributed by atoms with Crippen LogP contribution >= 0.6 is 35.4 Å². The maximum atomic E-state index is 14.1. The summed E-state index contributed by atoms with van der Waals surface area (Å²) in [4.78, 5) is 15.0. The number of carbonyl (C=O) groups is 1. The van der Waals surface area contributed by atoms with Crippen LogP contribution in [0.4, 0.5) is 8.78 Å². The highest BCUT2D eigenvalue weighted by Crippen LogP contribution is 2.38. The topological polar surface area (TPSA) is 100 Å². The second-order valence-corrected chi connectivity index (χ2v) is 5.31. The summed E-state index contributed by atoms with van der Waals surface area (Å²) in [6.07, 6.45) is 0. The van der Waals surface area contributed by atoms with Crippen molar-refractivity contribution in [3.05, 3.63) is 28.0 Å². The lowest BCUT2D eigenvalue weighted by Crippen LogP contribution is -2.58. The van der Waals surface area contributed by atoms with Crippen molar-refractivity contribution in [3.63, 3.8) is 0 Å². The van der Waals surface area contributed by atoms with Crippen LogP contribution < -0.4 is 16.6 Å². The zero-order valence-corrected chi connectivity index (χ0v) is 12.8. The number of amides is 1. The van der Waals surface area contributed by atoms with Crippen LogP contribution in [0.1, 0.15) is 12.5 Å². The second-order valence-electron chi connectivity index (χ2n) is 4.09. The number of nitrogens with two attached hydrogens (primary N) is 1. The molecular weight excluding hydrogens is 349 g/mol. The van der Waals surface area contributed by atoms with Crippen molar-refractivity contribution in [2.45, 2.75) is 18.4 Å². The number of hydrogen-bond acceptors (Lipinski definition) is 4. The van der Waals surface area contributed by atoms with Gasteiger partial charge in [0, 0.05) is 0 Å². The summed E-state index contributed by atoms with van der Waals surface area (Å²) in [6.45, 7) is 0.731. The number of halogens is 4. The van der Waals surface area contributed by atoms with Crippen LogP contribution in [0.25, 0.3) is 0 Å². The quantitative estimate of drug-likeness (QED) is 0.366. The fraction of sp³-hybridized carbons (Fsp3) is 0.300. The summed E-state index contributed by atoms with van der Waals surface area (Å²) in [5.41, 5.74) is 5.15. The lowest BCUT2D eigenvalue weighted by Gasteiger charge is -2.31. The number of pyridine rings is 1. The van der Waals surface area contributed by atoms with E-state index in [1.165, 1.54) is 0 Å². The van der Waals surface area contributed by atoms with Crippen molar-refractivity contribution in [2.75, 3.05) is 0 Å². The predicted octanol–water partition coefficient (Wildman–Crippen LogP) is 1.10. The van der Waals surface area contributed by atoms with Crippen LogP contribution in [0.15, 0.2) is 12.1 Å². The molecule has 0 fully saturated rings. The first-order valence-electron chi connectivity index (χ1n) is 5.28. The third-order valence-electron chi connectivity index (χ3n) is 2.52. The van der Waals surface area contributed by atoms with Gasteiger partial charge in [0.25, 0.3) is 0 Å². The molecule has 116 valence electrons. The van der Waals surface area contributed by atoms with Gasteiger partial charge in [0.15, 0.2) is 10.7 Å². The highest BCUT2D eigenvalue weighted by molar-refractivity contribution is 7.80. The van der Waals surface area contributed by atoms with Gasteiger partial charge in [-0.25, -0.2) is 4.98 Å². The Morgan fingerprint density at radius 2 is 1.86 bits per heavy atom. The molecule has 0 bridgehead atoms. The van der Waals surface area contributed by atoms with E-state index in [-0.39, 0.29) is 15.9 Å². The molecule has 5 N–H and O–H groups in total. The van der Waals surface area contributed by atoms with Gasteiger partial charge in [-0.15, -0.1) is 0 Å². The zero-order valence-electron chi connectivity index (χ0n) is 10.5. The molecule has 6 nitrogen and oxygen atoms in total. The van der Waals surface area contributed by atoms with Crippen molar-refractivity contribution in [3.8, 4) is 0 Å². The number of hydrazine groups is 1. The van der Waals surface area contributed by atoms with E-state index in [1.807, 2.05) is 5.43 Å². The Hall–Kier alpha value is -1.29. The van der Waals surface area contributed by atoms with E-state index in [0.29, 0.717) is 0 Å². The Bertz CT molecular complexity index is 566. The van der Waals surface area contributed by atoms with E-state index in [9.17, 15) is 18.7 Å². The molecule has 0 radical (unpaired) electrons. The Morgan fingerprint density at radius 3 is 2.29 bits per heavy atom. The SMILES string of the molecule is CC(O)(c1cc(Cl)nc(Cl)c1)C(F)(F)C(=O)NNC(N)=S. The fourth-order valence-electron chi connectivity index (χ4n) is 1.35. The normalized spacial score (nSPS) is 14.2. The number of aromatic nitrogens is 1. The average Bonchev–Trinajstić information content (AvgIpc) is 2.34. The van der Waals surface area contributed by atoms with Crippen LogP contribution in [-0.4, -0.2) is 27.0 Å². The van der Waals surface area contributed by atoms with Gasteiger partial charge >= 0.3 is 11.8 Å². The molecule has 1 amide bonds. The zero-order chi connectivity index (χ0) is 16.4. The van der Waals surface area contributed by atoms with Gasteiger partial charge in [-0.3, -0.25) is 15.6 Å². The predicted molar refractivity (Wildman–Crippen MR) is 76.8 cm³/mol. The van der Waals surface area contributed by atoms with Gasteiger partial charge in [-0.05, 0) is 36.8 Å². The molecule has 0 spiro atoms. The van der Waals surface area contributed by atoms with E-state index in [0.717, 1.165) is 19.1 Å². The van der Waals surface area contributed by atoms with E-state index < -0.39 is 22.5 Å². The van der Waals surface area contributed by atoms with Crippen molar-refractivity contribution in [1.82, 2.24) is 15.8 Å². The van der Waals surface area contributed by atoms with E-state index in [4.69, 9.17) is 28.9 Å². The number of rotatable bonds is 3. The summed E-state index contributed by atoms with van der Waals surface area (Å²) in [7, 11) is 0. The van der Waals surface area contributed by atoms with Crippen molar-refractivity contribution >= 4 is 46.4 Å². The van der Waals surface area contributed by atoms with Crippen LogP contribution in [-0.2, 0) is 10.4 Å². The average molecular weight is 359 g/mol. The summed E-state index contributed by atoms with van der Waals surface area (Å²) in [5.74, 6) is -6.08. The highest BCUT2D eigenvalue weighted by atomic mass is 35.5. The Labute approximate surface area is 133 Å². The Kier molecular flexibility index (Phi) is 5.26. The maximum Gasteiger partial charge on any atom is 0.357 e. The van der Waals surface area contributed by atoms with Gasteiger partial charge in [0.1, 0.15) is 10.3 Å². The lowest BCUT2D eigenvalue weighted by atomic mass is 9.89. The first kappa shape index (κ1) is 17.8. The first-order valence-corrected chi connectivity index (χ1v) is 6.44. The lowest BCUT2D eigenvalue weighted by molar-refractivity contribution is -0.191. The molecule has 0 saturated carbocycles. The molecule has 0 aromatic carbocycles. The smallest absolute Gasteiger partial charge is 0.357 e. The molecule has 21 heavy (non-hydrogen) atoms. The second kappa shape index (κ2) is 6.22. The summed E-state index contributed by atoms with van der Waals surface area (Å²) in [6, 6.07) is 1.94. The minimum atomic E-state index is -4.24. The molecule has 0 aliphatic rings. The molecule has 1 unspecified atom stereocenters. The molecule has 1 aromatic heterocycles. The number of nitrogens with zero attached hydrogens (tertiary/aromatic N) is 1. The van der Waals surface area contributed by atoms with E-state index in [2.05, 4.69) is 17.2 Å². The van der Waals surface area contributed by atoms with Crippen LogP contribution in [0, 0.1) is 0 Å². The third-order valence-corrected chi connectivity index (χ3v) is 3.01. The number of alkyl halides is 2. The minimum absolute atomic E-state index is 0.213. The monoisotopic (exact) mass is 358 g/mol. The minimum Gasteiger partial charge on any atom is -0.379 e. The van der Waals surface area contributed by atoms with Gasteiger partial charge in [-0.1, -0.05) is 23.2 Å². The van der Waals surface area contributed by atoms with Gasteiger partial charge in [0.2, 0.25) is 0 Å². The largest absolute Gasteiger partial charge is 0.379 e. The van der Waals surface area contributed by atoms with Crippen molar-refractivity contribution < 1.29 is 18.7 Å². The maximum absolute atomic E-state index is 14.1. The number of carbonyl (C=O) groups excluding carboxylic acids is 1. The third kappa shape index (κ3) is 3.88. The highest BCUT2D eigenvalue weighted by Gasteiger charge is 2.56. The van der Waals surface area contributed by atoms with E-state index in [1.54, 1.807) is 5.43 Å². The molecule has 1 rings (SSSR count). The summed E-state index contributed by atoms with van der Waals surface area (Å²) < 4.78 is 28.2. The number of aliphatic hydroxyl groups is 1. The molecule has 0 aliphatic carbocycles. The molecule has 1 heterocycles. The number of nitrogens with one attached hydrogen (secondary N) is 2. The van der Waals surface area contributed by atoms with Gasteiger partial charge < -0.3 is 10.8 Å². The van der Waals surface area contributed by atoms with Gasteiger partial charge in [-0.2, -0.15) is 8.78 Å². The van der Waals surface area contributed by atoms with Crippen molar-refractivity contribution in [2.24, 2.45) is 5.73 Å².